The Hall–Kier alpha value is -4.22. The molecule has 0 aliphatic carbocycles. The summed E-state index contributed by atoms with van der Waals surface area (Å²) >= 11 is 6.25. The van der Waals surface area contributed by atoms with E-state index in [1.807, 2.05) is 17.0 Å². The number of rotatable bonds is 6. The van der Waals surface area contributed by atoms with E-state index in [1.165, 1.54) is 18.3 Å². The molecule has 4 aromatic rings. The highest BCUT2D eigenvalue weighted by molar-refractivity contribution is 6.31. The molecule has 1 amide bonds. The van der Waals surface area contributed by atoms with Gasteiger partial charge in [-0.05, 0) is 56.7 Å². The molecular weight excluding hydrogens is 548 g/mol. The standard InChI is InChI=1S/C29H31ClN6O5/c1-29(2,3)41-28(39)25-19-10-17(30)6-8-20(19)34-22(25)12-35-13-23(27(38)40-4)36(24(37)14-35)11-16-5-7-18-21(9-16)32-15-33-26(18)31/h5-10,15,23,34H,11-14H2,1-4H3,(H2,31,32,33). The summed E-state index contributed by atoms with van der Waals surface area (Å²) in [6.45, 7) is 5.99. The zero-order valence-corrected chi connectivity index (χ0v) is 24.0. The van der Waals surface area contributed by atoms with Crippen LogP contribution in [0.2, 0.25) is 5.02 Å². The van der Waals surface area contributed by atoms with Crippen molar-refractivity contribution >= 4 is 57.1 Å². The number of aromatic amines is 1. The van der Waals surface area contributed by atoms with Crippen LogP contribution in [0.5, 0.6) is 0 Å². The number of methoxy groups -OCH3 is 1. The number of hydrogen-bond donors (Lipinski definition) is 2. The maximum atomic E-state index is 13.5. The Bertz CT molecular complexity index is 1660. The number of esters is 2. The fraction of sp³-hybridized carbons (Fsp3) is 0.345. The van der Waals surface area contributed by atoms with Crippen LogP contribution in [-0.4, -0.2) is 74.4 Å². The van der Waals surface area contributed by atoms with E-state index in [-0.39, 0.29) is 32.1 Å². The normalized spacial score (nSPS) is 16.4. The number of hydrogen-bond acceptors (Lipinski definition) is 9. The van der Waals surface area contributed by atoms with Gasteiger partial charge in [0.25, 0.3) is 0 Å². The third kappa shape index (κ3) is 5.96. The van der Waals surface area contributed by atoms with Gasteiger partial charge in [-0.15, -0.1) is 0 Å². The Balaban J connectivity index is 1.43. The quantitative estimate of drug-likeness (QED) is 0.327. The first-order valence-corrected chi connectivity index (χ1v) is 13.4. The predicted molar refractivity (Wildman–Crippen MR) is 154 cm³/mol. The fourth-order valence-electron chi connectivity index (χ4n) is 5.06. The molecule has 2 aromatic heterocycles. The van der Waals surface area contributed by atoms with Crippen LogP contribution in [0.15, 0.2) is 42.7 Å². The maximum Gasteiger partial charge on any atom is 0.341 e. The van der Waals surface area contributed by atoms with E-state index >= 15 is 0 Å². The molecule has 1 unspecified atom stereocenters. The van der Waals surface area contributed by atoms with Gasteiger partial charge in [0.15, 0.2) is 0 Å². The Labute approximate surface area is 241 Å². The van der Waals surface area contributed by atoms with E-state index in [1.54, 1.807) is 45.0 Å². The Kier molecular flexibility index (Phi) is 7.58. The van der Waals surface area contributed by atoms with Crippen molar-refractivity contribution in [3.8, 4) is 0 Å². The number of nitrogens with zero attached hydrogens (tertiary/aromatic N) is 4. The molecule has 0 bridgehead atoms. The van der Waals surface area contributed by atoms with Crippen LogP contribution in [0.3, 0.4) is 0 Å². The van der Waals surface area contributed by atoms with Gasteiger partial charge in [0, 0.05) is 46.6 Å². The molecule has 5 rings (SSSR count). The predicted octanol–water partition coefficient (Wildman–Crippen LogP) is 3.69. The van der Waals surface area contributed by atoms with Gasteiger partial charge in [-0.3, -0.25) is 9.69 Å². The average molecular weight is 579 g/mol. The lowest BCUT2D eigenvalue weighted by Gasteiger charge is -2.39. The van der Waals surface area contributed by atoms with Crippen LogP contribution < -0.4 is 5.73 Å². The molecule has 41 heavy (non-hydrogen) atoms. The number of aromatic nitrogens is 3. The highest BCUT2D eigenvalue weighted by Gasteiger charge is 2.38. The van der Waals surface area contributed by atoms with Gasteiger partial charge < -0.3 is 25.1 Å². The molecule has 2 aromatic carbocycles. The number of nitrogens with two attached hydrogens (primary N) is 1. The van der Waals surface area contributed by atoms with Crippen molar-refractivity contribution in [2.45, 2.75) is 45.5 Å². The van der Waals surface area contributed by atoms with Gasteiger partial charge in [0.05, 0.1) is 24.7 Å². The van der Waals surface area contributed by atoms with Gasteiger partial charge in [0.2, 0.25) is 5.91 Å². The number of anilines is 1. The molecule has 0 radical (unpaired) electrons. The van der Waals surface area contributed by atoms with Crippen molar-refractivity contribution in [1.82, 2.24) is 24.8 Å². The van der Waals surface area contributed by atoms with Crippen LogP contribution in [0.1, 0.15) is 42.4 Å². The number of fused-ring (bicyclic) bond motifs is 2. The van der Waals surface area contributed by atoms with Crippen LogP contribution in [0.4, 0.5) is 5.82 Å². The monoisotopic (exact) mass is 578 g/mol. The molecule has 0 spiro atoms. The summed E-state index contributed by atoms with van der Waals surface area (Å²) < 4.78 is 10.8. The minimum atomic E-state index is -0.865. The SMILES string of the molecule is COC(=O)C1CN(Cc2[nH]c3ccc(Cl)cc3c2C(=O)OC(C)(C)C)CC(=O)N1Cc1ccc2c(N)ncnc2c1. The van der Waals surface area contributed by atoms with Crippen LogP contribution in [0, 0.1) is 0 Å². The topological polar surface area (TPSA) is 144 Å². The van der Waals surface area contributed by atoms with Crippen LogP contribution >= 0.6 is 11.6 Å². The van der Waals surface area contributed by atoms with Gasteiger partial charge in [-0.25, -0.2) is 19.6 Å². The highest BCUT2D eigenvalue weighted by Crippen LogP contribution is 2.30. The number of ether oxygens (including phenoxy) is 2. The van der Waals surface area contributed by atoms with Crippen molar-refractivity contribution in [2.75, 3.05) is 25.9 Å². The van der Waals surface area contributed by atoms with E-state index in [9.17, 15) is 14.4 Å². The Morgan fingerprint density at radius 1 is 1.12 bits per heavy atom. The summed E-state index contributed by atoms with van der Waals surface area (Å²) in [5.74, 6) is -0.932. The average Bonchev–Trinajstić information content (AvgIpc) is 3.25. The van der Waals surface area contributed by atoms with Crippen LogP contribution in [-0.2, 0) is 32.2 Å². The van der Waals surface area contributed by atoms with Crippen molar-refractivity contribution in [3.05, 3.63) is 64.6 Å². The Morgan fingerprint density at radius 2 is 1.90 bits per heavy atom. The smallest absolute Gasteiger partial charge is 0.341 e. The number of nitrogens with one attached hydrogen (secondary N) is 1. The molecule has 3 N–H and O–H groups in total. The largest absolute Gasteiger partial charge is 0.467 e. The summed E-state index contributed by atoms with van der Waals surface area (Å²) in [5, 5.41) is 1.81. The summed E-state index contributed by atoms with van der Waals surface area (Å²) in [4.78, 5) is 54.6. The minimum Gasteiger partial charge on any atom is -0.467 e. The van der Waals surface area contributed by atoms with E-state index in [0.717, 1.165) is 5.56 Å². The van der Waals surface area contributed by atoms with E-state index in [4.69, 9.17) is 26.8 Å². The summed E-state index contributed by atoms with van der Waals surface area (Å²) in [5.41, 5.74) is 8.27. The first-order valence-electron chi connectivity index (χ1n) is 13.1. The Morgan fingerprint density at radius 3 is 2.63 bits per heavy atom. The van der Waals surface area contributed by atoms with Gasteiger partial charge in [-0.1, -0.05) is 17.7 Å². The van der Waals surface area contributed by atoms with E-state index in [0.29, 0.717) is 43.9 Å². The minimum absolute atomic E-state index is 0.0279. The zero-order chi connectivity index (χ0) is 29.5. The third-order valence-electron chi connectivity index (χ3n) is 6.87. The third-order valence-corrected chi connectivity index (χ3v) is 7.10. The molecule has 1 fully saturated rings. The molecule has 214 valence electrons. The van der Waals surface area contributed by atoms with Gasteiger partial charge in [0.1, 0.15) is 23.8 Å². The molecule has 0 saturated carbocycles. The number of piperazine rings is 1. The number of amides is 1. The number of carbonyl (C=O) groups is 3. The number of halogens is 1. The van der Waals surface area contributed by atoms with Crippen LogP contribution in [0.25, 0.3) is 21.8 Å². The van der Waals surface area contributed by atoms with Crippen molar-refractivity contribution < 1.29 is 23.9 Å². The molecule has 1 aliphatic rings. The van der Waals surface area contributed by atoms with Gasteiger partial charge in [-0.2, -0.15) is 0 Å². The van der Waals surface area contributed by atoms with E-state index < -0.39 is 23.6 Å². The van der Waals surface area contributed by atoms with Crippen molar-refractivity contribution in [2.24, 2.45) is 0 Å². The lowest BCUT2D eigenvalue weighted by atomic mass is 10.1. The summed E-state index contributed by atoms with van der Waals surface area (Å²) in [6.07, 6.45) is 1.38. The lowest BCUT2D eigenvalue weighted by Crippen LogP contribution is -2.58. The first kappa shape index (κ1) is 28.3. The molecule has 11 nitrogen and oxygen atoms in total. The number of H-pyrrole nitrogens is 1. The summed E-state index contributed by atoms with van der Waals surface area (Å²) in [6, 6.07) is 9.81. The number of nitrogen functional groups attached to an aromatic ring is 1. The maximum absolute atomic E-state index is 13.5. The molecule has 1 atom stereocenters. The number of benzene rings is 2. The number of carbonyl (C=O) groups excluding carboxylic acids is 3. The van der Waals surface area contributed by atoms with Crippen molar-refractivity contribution in [3.63, 3.8) is 0 Å². The highest BCUT2D eigenvalue weighted by atomic mass is 35.5. The molecule has 12 heteroatoms. The second-order valence-electron chi connectivity index (χ2n) is 11.0. The fourth-order valence-corrected chi connectivity index (χ4v) is 5.24. The molecule has 1 aliphatic heterocycles. The van der Waals surface area contributed by atoms with Gasteiger partial charge >= 0.3 is 11.9 Å². The molecule has 1 saturated heterocycles. The molecule has 3 heterocycles. The second kappa shape index (κ2) is 11.0. The van der Waals surface area contributed by atoms with E-state index in [2.05, 4.69) is 15.0 Å². The lowest BCUT2D eigenvalue weighted by molar-refractivity contribution is -0.159. The van der Waals surface area contributed by atoms with Crippen molar-refractivity contribution in [1.29, 1.82) is 0 Å². The zero-order valence-electron chi connectivity index (χ0n) is 23.2. The molecular formula is C29H31ClN6O5. The second-order valence-corrected chi connectivity index (χ2v) is 11.4. The summed E-state index contributed by atoms with van der Waals surface area (Å²) in [7, 11) is 1.29. The first-order chi connectivity index (χ1) is 19.4.